The van der Waals surface area contributed by atoms with Gasteiger partial charge in [-0.2, -0.15) is 0 Å². The number of ketones is 1. The highest BCUT2D eigenvalue weighted by Gasteiger charge is 2.14. The average Bonchev–Trinajstić information content (AvgIpc) is 2.49. The highest BCUT2D eigenvalue weighted by Crippen LogP contribution is 2.26. The number of hydrogen-bond donors (Lipinski definition) is 0. The van der Waals surface area contributed by atoms with Gasteiger partial charge in [-0.25, -0.2) is 0 Å². The summed E-state index contributed by atoms with van der Waals surface area (Å²) in [7, 11) is 0. The third-order valence-corrected chi connectivity index (χ3v) is 4.27. The average molecular weight is 347 g/mol. The molecule has 0 aliphatic heterocycles. The highest BCUT2D eigenvalue weighted by atomic mass is 79.9. The molecule has 20 heavy (non-hydrogen) atoms. The number of rotatable bonds is 2. The Morgan fingerprint density at radius 2 is 1.90 bits per heavy atom. The lowest BCUT2D eigenvalue weighted by Gasteiger charge is -2.06. The summed E-state index contributed by atoms with van der Waals surface area (Å²) in [6.07, 6.45) is 1.69. The van der Waals surface area contributed by atoms with Crippen LogP contribution in [-0.2, 0) is 0 Å². The Labute approximate surface area is 129 Å². The second kappa shape index (κ2) is 5.35. The highest BCUT2D eigenvalue weighted by molar-refractivity contribution is 9.10. The number of aromatic nitrogens is 1. The number of carbonyl (C=O) groups is 1. The molecule has 0 aliphatic carbocycles. The van der Waals surface area contributed by atoms with Crippen molar-refractivity contribution in [3.8, 4) is 0 Å². The van der Waals surface area contributed by atoms with Gasteiger partial charge in [-0.05, 0) is 46.3 Å². The van der Waals surface area contributed by atoms with Crippen LogP contribution in [0.25, 0.3) is 10.9 Å². The van der Waals surface area contributed by atoms with Gasteiger partial charge in [0, 0.05) is 27.2 Å². The molecule has 3 rings (SSSR count). The first-order valence-corrected chi connectivity index (χ1v) is 7.17. The molecule has 0 amide bonds. The third-order valence-electron chi connectivity index (χ3n) is 3.06. The zero-order valence-electron chi connectivity index (χ0n) is 10.3. The number of benzene rings is 2. The Morgan fingerprint density at radius 1 is 1.10 bits per heavy atom. The summed E-state index contributed by atoms with van der Waals surface area (Å²) in [5, 5.41) is 1.53. The molecule has 0 unspecified atom stereocenters. The number of halogens is 2. The number of hydrogen-bond acceptors (Lipinski definition) is 2. The summed E-state index contributed by atoms with van der Waals surface area (Å²) >= 11 is 9.29. The number of nitrogens with zero attached hydrogens (tertiary/aromatic N) is 1. The van der Waals surface area contributed by atoms with E-state index in [1.54, 1.807) is 30.5 Å². The molecule has 3 aromatic rings. The lowest BCUT2D eigenvalue weighted by Crippen LogP contribution is -2.03. The minimum Gasteiger partial charge on any atom is -0.289 e. The topological polar surface area (TPSA) is 30.0 Å². The van der Waals surface area contributed by atoms with Crippen molar-refractivity contribution in [3.05, 3.63) is 75.4 Å². The second-order valence-electron chi connectivity index (χ2n) is 4.34. The smallest absolute Gasteiger partial charge is 0.195 e. The normalized spacial score (nSPS) is 10.7. The van der Waals surface area contributed by atoms with E-state index in [-0.39, 0.29) is 5.78 Å². The van der Waals surface area contributed by atoms with Crippen molar-refractivity contribution in [3.63, 3.8) is 0 Å². The van der Waals surface area contributed by atoms with Gasteiger partial charge < -0.3 is 0 Å². The summed E-state index contributed by atoms with van der Waals surface area (Å²) in [5.74, 6) is -0.0633. The van der Waals surface area contributed by atoms with Crippen LogP contribution in [0.4, 0.5) is 0 Å². The van der Waals surface area contributed by atoms with Crippen molar-refractivity contribution in [2.75, 3.05) is 0 Å². The van der Waals surface area contributed by atoms with Crippen molar-refractivity contribution in [1.82, 2.24) is 4.98 Å². The summed E-state index contributed by atoms with van der Waals surface area (Å²) in [5.41, 5.74) is 1.89. The van der Waals surface area contributed by atoms with Gasteiger partial charge >= 0.3 is 0 Å². The molecule has 0 N–H and O–H groups in total. The maximum absolute atomic E-state index is 12.6. The first-order valence-electron chi connectivity index (χ1n) is 6.00. The van der Waals surface area contributed by atoms with Gasteiger partial charge in [-0.1, -0.05) is 29.8 Å². The summed E-state index contributed by atoms with van der Waals surface area (Å²) in [6, 6.07) is 14.5. The molecule has 98 valence electrons. The van der Waals surface area contributed by atoms with Crippen molar-refractivity contribution in [2.45, 2.75) is 0 Å². The zero-order chi connectivity index (χ0) is 14.1. The van der Waals surface area contributed by atoms with E-state index < -0.39 is 0 Å². The second-order valence-corrected chi connectivity index (χ2v) is 5.60. The SMILES string of the molecule is O=C(c1ccc(Cl)c(Br)c1)c1cccc2cccnc12. The zero-order valence-corrected chi connectivity index (χ0v) is 12.6. The van der Waals surface area contributed by atoms with E-state index >= 15 is 0 Å². The van der Waals surface area contributed by atoms with E-state index in [0.717, 1.165) is 5.39 Å². The van der Waals surface area contributed by atoms with Crippen LogP contribution in [-0.4, -0.2) is 10.8 Å². The summed E-state index contributed by atoms with van der Waals surface area (Å²) in [4.78, 5) is 16.9. The summed E-state index contributed by atoms with van der Waals surface area (Å²) in [6.45, 7) is 0. The molecule has 0 saturated heterocycles. The van der Waals surface area contributed by atoms with Gasteiger partial charge in [0.05, 0.1) is 10.5 Å². The van der Waals surface area contributed by atoms with E-state index in [9.17, 15) is 4.79 Å². The molecule has 0 atom stereocenters. The molecular formula is C16H9BrClNO. The maximum Gasteiger partial charge on any atom is 0.195 e. The summed E-state index contributed by atoms with van der Waals surface area (Å²) < 4.78 is 0.707. The monoisotopic (exact) mass is 345 g/mol. The molecule has 0 radical (unpaired) electrons. The molecule has 0 fully saturated rings. The van der Waals surface area contributed by atoms with E-state index in [1.165, 1.54) is 0 Å². The Bertz CT molecular complexity index is 811. The molecule has 0 spiro atoms. The van der Waals surface area contributed by atoms with Crippen molar-refractivity contribution < 1.29 is 4.79 Å². The third kappa shape index (κ3) is 2.35. The molecule has 2 aromatic carbocycles. The van der Waals surface area contributed by atoms with E-state index in [2.05, 4.69) is 20.9 Å². The van der Waals surface area contributed by atoms with Crippen molar-refractivity contribution in [2.24, 2.45) is 0 Å². The standard InChI is InChI=1S/C16H9BrClNO/c17-13-9-11(6-7-14(13)18)16(20)12-5-1-3-10-4-2-8-19-15(10)12/h1-9H. The van der Waals surface area contributed by atoms with E-state index in [0.29, 0.717) is 26.1 Å². The Hall–Kier alpha value is -1.71. The van der Waals surface area contributed by atoms with Gasteiger partial charge in [-0.3, -0.25) is 9.78 Å². The number of fused-ring (bicyclic) bond motifs is 1. The first kappa shape index (κ1) is 13.3. The van der Waals surface area contributed by atoms with Crippen LogP contribution in [0.5, 0.6) is 0 Å². The van der Waals surface area contributed by atoms with Crippen LogP contribution in [0.15, 0.2) is 59.2 Å². The fourth-order valence-electron chi connectivity index (χ4n) is 2.08. The van der Waals surface area contributed by atoms with Crippen molar-refractivity contribution in [1.29, 1.82) is 0 Å². The van der Waals surface area contributed by atoms with Gasteiger partial charge in [0.25, 0.3) is 0 Å². The Balaban J connectivity index is 2.15. The van der Waals surface area contributed by atoms with Gasteiger partial charge in [-0.15, -0.1) is 0 Å². The Morgan fingerprint density at radius 3 is 2.70 bits per heavy atom. The number of pyridine rings is 1. The van der Waals surface area contributed by atoms with Crippen LogP contribution >= 0.6 is 27.5 Å². The van der Waals surface area contributed by atoms with Crippen molar-refractivity contribution >= 4 is 44.2 Å². The number of para-hydroxylation sites is 1. The van der Waals surface area contributed by atoms with E-state index in [4.69, 9.17) is 11.6 Å². The predicted molar refractivity (Wildman–Crippen MR) is 84.3 cm³/mol. The molecule has 1 heterocycles. The number of carbonyl (C=O) groups excluding carboxylic acids is 1. The van der Waals surface area contributed by atoms with E-state index in [1.807, 2.05) is 24.3 Å². The fourth-order valence-corrected chi connectivity index (χ4v) is 2.58. The largest absolute Gasteiger partial charge is 0.289 e. The van der Waals surface area contributed by atoms with Crippen LogP contribution in [0, 0.1) is 0 Å². The molecule has 0 saturated carbocycles. The lowest BCUT2D eigenvalue weighted by molar-refractivity contribution is 0.104. The molecule has 2 nitrogen and oxygen atoms in total. The van der Waals surface area contributed by atoms with Crippen LogP contribution in [0.1, 0.15) is 15.9 Å². The minimum absolute atomic E-state index is 0.0633. The fraction of sp³-hybridized carbons (Fsp3) is 0. The Kier molecular flexibility index (Phi) is 3.55. The van der Waals surface area contributed by atoms with Gasteiger partial charge in [0.15, 0.2) is 5.78 Å². The van der Waals surface area contributed by atoms with Crippen LogP contribution in [0.2, 0.25) is 5.02 Å². The van der Waals surface area contributed by atoms with Gasteiger partial charge in [0.1, 0.15) is 0 Å². The molecule has 1 aromatic heterocycles. The van der Waals surface area contributed by atoms with Gasteiger partial charge in [0.2, 0.25) is 0 Å². The molecule has 0 bridgehead atoms. The molecule has 0 aliphatic rings. The van der Waals surface area contributed by atoms with Crippen LogP contribution < -0.4 is 0 Å². The lowest BCUT2D eigenvalue weighted by atomic mass is 10.0. The quantitative estimate of drug-likeness (QED) is 0.619. The maximum atomic E-state index is 12.6. The predicted octanol–water partition coefficient (Wildman–Crippen LogP) is 4.88. The molecular weight excluding hydrogens is 338 g/mol. The molecule has 4 heteroatoms. The van der Waals surface area contributed by atoms with Crippen LogP contribution in [0.3, 0.4) is 0 Å². The first-order chi connectivity index (χ1) is 9.66. The minimum atomic E-state index is -0.0633.